The summed E-state index contributed by atoms with van der Waals surface area (Å²) in [6.07, 6.45) is 0. The van der Waals surface area contributed by atoms with E-state index in [0.717, 1.165) is 61.4 Å². The molecule has 12 aromatic rings. The standard InChI is InChI=1S/C56H36N2O/c1-2-17-41(18-3-1)57(42-19-14-16-38(36-42)39-31-32-44-40(35-39)30-29-37-15-4-5-20-43(37)44)53-34-33-48(56-55(53)49-24-9-13-28-54(49)59-56)47-23-8-12-27-52(47)58-50-25-10-6-21-45(50)46-22-7-11-26-51(46)58/h1-36H. The van der Waals surface area contributed by atoms with E-state index in [0.29, 0.717) is 0 Å². The van der Waals surface area contributed by atoms with Crippen LogP contribution in [0.5, 0.6) is 0 Å². The van der Waals surface area contributed by atoms with Gasteiger partial charge in [0.05, 0.1) is 27.8 Å². The van der Waals surface area contributed by atoms with E-state index in [-0.39, 0.29) is 0 Å². The third kappa shape index (κ3) is 5.29. The van der Waals surface area contributed by atoms with Crippen LogP contribution in [0.1, 0.15) is 0 Å². The zero-order valence-corrected chi connectivity index (χ0v) is 32.1. The smallest absolute Gasteiger partial charge is 0.145 e. The predicted molar refractivity (Wildman–Crippen MR) is 249 cm³/mol. The molecule has 3 nitrogen and oxygen atoms in total. The highest BCUT2D eigenvalue weighted by Crippen LogP contribution is 2.48. The molecule has 10 aromatic carbocycles. The van der Waals surface area contributed by atoms with Crippen molar-refractivity contribution in [2.45, 2.75) is 0 Å². The van der Waals surface area contributed by atoms with Crippen LogP contribution in [0.3, 0.4) is 0 Å². The van der Waals surface area contributed by atoms with E-state index in [1.165, 1.54) is 48.9 Å². The minimum Gasteiger partial charge on any atom is -0.455 e. The molecule has 0 atom stereocenters. The first-order chi connectivity index (χ1) is 29.3. The van der Waals surface area contributed by atoms with Gasteiger partial charge in [-0.05, 0) is 99.4 Å². The molecule has 0 spiro atoms. The first kappa shape index (κ1) is 33.3. The molecule has 0 aliphatic rings. The zero-order valence-electron chi connectivity index (χ0n) is 32.1. The molecule has 0 bridgehead atoms. The third-order valence-corrected chi connectivity index (χ3v) is 12.0. The second-order valence-electron chi connectivity index (χ2n) is 15.3. The van der Waals surface area contributed by atoms with Crippen molar-refractivity contribution in [3.8, 4) is 27.9 Å². The van der Waals surface area contributed by atoms with Crippen LogP contribution in [-0.4, -0.2) is 4.57 Å². The van der Waals surface area contributed by atoms with Gasteiger partial charge in [-0.25, -0.2) is 0 Å². The summed E-state index contributed by atoms with van der Waals surface area (Å²) >= 11 is 0. The van der Waals surface area contributed by atoms with Gasteiger partial charge in [0.2, 0.25) is 0 Å². The molecule has 2 heterocycles. The topological polar surface area (TPSA) is 21.3 Å². The largest absolute Gasteiger partial charge is 0.455 e. The van der Waals surface area contributed by atoms with Crippen molar-refractivity contribution in [2.24, 2.45) is 0 Å². The molecular formula is C56H36N2O. The molecular weight excluding hydrogens is 717 g/mol. The fourth-order valence-electron chi connectivity index (χ4n) is 9.31. The van der Waals surface area contributed by atoms with Gasteiger partial charge in [0.1, 0.15) is 11.2 Å². The number of benzene rings is 10. The SMILES string of the molecule is c1ccc(N(c2cccc(-c3ccc4c(ccc5ccccc54)c3)c2)c2ccc(-c3ccccc3-n3c4ccccc4c4ccccc43)c3oc4ccccc4c23)cc1. The van der Waals surface area contributed by atoms with E-state index in [1.54, 1.807) is 0 Å². The first-order valence-electron chi connectivity index (χ1n) is 20.2. The van der Waals surface area contributed by atoms with E-state index in [1.807, 2.05) is 0 Å². The molecule has 0 N–H and O–H groups in total. The van der Waals surface area contributed by atoms with Crippen molar-refractivity contribution in [3.63, 3.8) is 0 Å². The summed E-state index contributed by atoms with van der Waals surface area (Å²) in [6, 6.07) is 78.6. The van der Waals surface area contributed by atoms with E-state index < -0.39 is 0 Å². The Morgan fingerprint density at radius 1 is 0.373 bits per heavy atom. The quantitative estimate of drug-likeness (QED) is 0.158. The van der Waals surface area contributed by atoms with E-state index in [9.17, 15) is 0 Å². The van der Waals surface area contributed by atoms with Gasteiger partial charge in [0.25, 0.3) is 0 Å². The van der Waals surface area contributed by atoms with Crippen molar-refractivity contribution in [1.29, 1.82) is 0 Å². The lowest BCUT2D eigenvalue weighted by molar-refractivity contribution is 0.670. The lowest BCUT2D eigenvalue weighted by Gasteiger charge is -2.27. The van der Waals surface area contributed by atoms with E-state index in [4.69, 9.17) is 4.42 Å². The maximum absolute atomic E-state index is 6.98. The summed E-state index contributed by atoms with van der Waals surface area (Å²) in [5, 5.41) is 9.65. The van der Waals surface area contributed by atoms with Crippen molar-refractivity contribution in [1.82, 2.24) is 4.57 Å². The lowest BCUT2D eigenvalue weighted by atomic mass is 9.96. The average Bonchev–Trinajstić information content (AvgIpc) is 3.86. The van der Waals surface area contributed by atoms with Crippen LogP contribution in [0.2, 0.25) is 0 Å². The van der Waals surface area contributed by atoms with Gasteiger partial charge < -0.3 is 13.9 Å². The zero-order chi connectivity index (χ0) is 38.9. The maximum atomic E-state index is 6.98. The van der Waals surface area contributed by atoms with Crippen LogP contribution in [0, 0.1) is 0 Å². The van der Waals surface area contributed by atoms with Crippen LogP contribution in [0.4, 0.5) is 17.1 Å². The van der Waals surface area contributed by atoms with E-state index in [2.05, 4.69) is 228 Å². The van der Waals surface area contributed by atoms with Crippen LogP contribution < -0.4 is 4.90 Å². The number of rotatable bonds is 6. The normalized spacial score (nSPS) is 11.7. The van der Waals surface area contributed by atoms with Crippen LogP contribution in [-0.2, 0) is 0 Å². The summed E-state index contributed by atoms with van der Waals surface area (Å²) < 4.78 is 9.38. The fourth-order valence-corrected chi connectivity index (χ4v) is 9.31. The molecule has 12 rings (SSSR count). The Bertz CT molecular complexity index is 3520. The number of para-hydroxylation sites is 5. The predicted octanol–water partition coefficient (Wildman–Crippen LogP) is 15.8. The molecule has 0 aliphatic carbocycles. The molecule has 3 heteroatoms. The summed E-state index contributed by atoms with van der Waals surface area (Å²) in [5.74, 6) is 0. The number of fused-ring (bicyclic) bond motifs is 9. The van der Waals surface area contributed by atoms with Gasteiger partial charge in [0, 0.05) is 38.7 Å². The Morgan fingerprint density at radius 2 is 1.00 bits per heavy atom. The Hall–Kier alpha value is -7.88. The van der Waals surface area contributed by atoms with Gasteiger partial charge in [0.15, 0.2) is 0 Å². The minimum atomic E-state index is 0.857. The summed E-state index contributed by atoms with van der Waals surface area (Å²) in [4.78, 5) is 2.38. The molecule has 0 saturated carbocycles. The molecule has 0 unspecified atom stereocenters. The minimum absolute atomic E-state index is 0.857. The van der Waals surface area contributed by atoms with Crippen LogP contribution in [0.25, 0.3) is 93.2 Å². The Labute approximate surface area is 341 Å². The van der Waals surface area contributed by atoms with Crippen molar-refractivity contribution < 1.29 is 4.42 Å². The molecule has 0 saturated heterocycles. The van der Waals surface area contributed by atoms with Crippen molar-refractivity contribution in [3.05, 3.63) is 218 Å². The highest BCUT2D eigenvalue weighted by molar-refractivity contribution is 6.18. The molecule has 0 amide bonds. The number of furan rings is 1. The Morgan fingerprint density at radius 3 is 1.83 bits per heavy atom. The van der Waals surface area contributed by atoms with Gasteiger partial charge in [-0.2, -0.15) is 0 Å². The fraction of sp³-hybridized carbons (Fsp3) is 0. The average molecular weight is 753 g/mol. The van der Waals surface area contributed by atoms with Crippen LogP contribution >= 0.6 is 0 Å². The molecule has 276 valence electrons. The van der Waals surface area contributed by atoms with Gasteiger partial charge >= 0.3 is 0 Å². The molecule has 59 heavy (non-hydrogen) atoms. The second-order valence-corrected chi connectivity index (χ2v) is 15.3. The number of anilines is 3. The van der Waals surface area contributed by atoms with Crippen molar-refractivity contribution >= 4 is 82.4 Å². The maximum Gasteiger partial charge on any atom is 0.145 e. The number of hydrogen-bond acceptors (Lipinski definition) is 2. The third-order valence-electron chi connectivity index (χ3n) is 12.0. The number of aromatic nitrogens is 1. The van der Waals surface area contributed by atoms with Gasteiger partial charge in [-0.15, -0.1) is 0 Å². The van der Waals surface area contributed by atoms with Gasteiger partial charge in [-0.1, -0.05) is 152 Å². The van der Waals surface area contributed by atoms with Crippen LogP contribution in [0.15, 0.2) is 223 Å². The summed E-state index contributed by atoms with van der Waals surface area (Å²) in [6.45, 7) is 0. The van der Waals surface area contributed by atoms with Gasteiger partial charge in [-0.3, -0.25) is 0 Å². The Balaban J connectivity index is 1.07. The number of hydrogen-bond donors (Lipinski definition) is 0. The molecule has 0 aliphatic heterocycles. The molecule has 2 aromatic heterocycles. The highest BCUT2D eigenvalue weighted by Gasteiger charge is 2.24. The highest BCUT2D eigenvalue weighted by atomic mass is 16.3. The first-order valence-corrected chi connectivity index (χ1v) is 20.2. The lowest BCUT2D eigenvalue weighted by Crippen LogP contribution is -2.10. The van der Waals surface area contributed by atoms with Crippen molar-refractivity contribution in [2.75, 3.05) is 4.90 Å². The monoisotopic (exact) mass is 752 g/mol. The van der Waals surface area contributed by atoms with E-state index >= 15 is 0 Å². The Kier molecular flexibility index (Phi) is 7.54. The second kappa shape index (κ2) is 13.4. The number of nitrogens with zero attached hydrogens (tertiary/aromatic N) is 2. The summed E-state index contributed by atoms with van der Waals surface area (Å²) in [5.41, 5.74) is 12.8. The summed E-state index contributed by atoms with van der Waals surface area (Å²) in [7, 11) is 0. The molecule has 0 fully saturated rings. The molecule has 0 radical (unpaired) electrons.